The Balaban J connectivity index is 2.21. The Morgan fingerprint density at radius 3 is 2.89 bits per heavy atom. The summed E-state index contributed by atoms with van der Waals surface area (Å²) in [5.74, 6) is 1.56. The molecule has 1 aromatic carbocycles. The van der Waals surface area contributed by atoms with E-state index in [1.54, 1.807) is 43.1 Å². The minimum absolute atomic E-state index is 0.545. The lowest BCUT2D eigenvalue weighted by atomic mass is 10.1. The Morgan fingerprint density at radius 1 is 1.44 bits per heavy atom. The zero-order valence-corrected chi connectivity index (χ0v) is 10.8. The van der Waals surface area contributed by atoms with Gasteiger partial charge in [0.05, 0.1) is 29.8 Å². The molecule has 0 spiro atoms. The van der Waals surface area contributed by atoms with E-state index >= 15 is 0 Å². The van der Waals surface area contributed by atoms with Crippen LogP contribution in [0.15, 0.2) is 45.9 Å². The first-order valence-corrected chi connectivity index (χ1v) is 6.56. The van der Waals surface area contributed by atoms with Crippen molar-refractivity contribution in [3.05, 3.63) is 53.5 Å². The van der Waals surface area contributed by atoms with Crippen molar-refractivity contribution in [2.24, 2.45) is 0 Å². The van der Waals surface area contributed by atoms with Gasteiger partial charge < -0.3 is 9.52 Å². The van der Waals surface area contributed by atoms with E-state index in [4.69, 9.17) is 9.68 Å². The fraction of sp³-hybridized carbons (Fsp3) is 0.214. The molecule has 0 aliphatic carbocycles. The largest absolute Gasteiger partial charge is 0.468 e. The van der Waals surface area contributed by atoms with Gasteiger partial charge in [-0.2, -0.15) is 5.26 Å². The van der Waals surface area contributed by atoms with Crippen LogP contribution in [0.5, 0.6) is 0 Å². The number of aliphatic hydroxyl groups excluding tert-OH is 1. The molecule has 0 radical (unpaired) electrons. The van der Waals surface area contributed by atoms with Crippen LogP contribution in [0.1, 0.15) is 29.9 Å². The molecule has 3 nitrogen and oxygen atoms in total. The van der Waals surface area contributed by atoms with E-state index in [-0.39, 0.29) is 0 Å². The summed E-state index contributed by atoms with van der Waals surface area (Å²) in [7, 11) is 0. The van der Waals surface area contributed by atoms with Gasteiger partial charge in [0, 0.05) is 4.90 Å². The smallest absolute Gasteiger partial charge is 0.113 e. The van der Waals surface area contributed by atoms with Gasteiger partial charge in [-0.1, -0.05) is 6.07 Å². The van der Waals surface area contributed by atoms with Gasteiger partial charge in [0.15, 0.2) is 0 Å². The van der Waals surface area contributed by atoms with E-state index < -0.39 is 6.10 Å². The highest BCUT2D eigenvalue weighted by Gasteiger charge is 2.10. The third-order valence-corrected chi connectivity index (χ3v) is 3.64. The quantitative estimate of drug-likeness (QED) is 0.854. The number of hydrogen-bond donors (Lipinski definition) is 1. The standard InChI is InChI=1S/C14H13NO2S/c1-10(16)13-5-4-11(8-15)7-14(13)18-9-12-3-2-6-17-12/h2-7,10,16H,9H2,1H3. The Bertz CT molecular complexity index is 556. The maximum Gasteiger partial charge on any atom is 0.113 e. The molecular weight excluding hydrogens is 246 g/mol. The molecule has 2 aromatic rings. The number of rotatable bonds is 4. The molecule has 0 amide bonds. The number of hydrogen-bond acceptors (Lipinski definition) is 4. The zero-order valence-electron chi connectivity index (χ0n) is 9.96. The maximum absolute atomic E-state index is 9.71. The second-order valence-electron chi connectivity index (χ2n) is 3.91. The van der Waals surface area contributed by atoms with E-state index in [2.05, 4.69) is 6.07 Å². The summed E-state index contributed by atoms with van der Waals surface area (Å²) < 4.78 is 5.26. The van der Waals surface area contributed by atoms with Crippen LogP contribution >= 0.6 is 11.8 Å². The number of benzene rings is 1. The highest BCUT2D eigenvalue weighted by atomic mass is 32.2. The molecule has 2 rings (SSSR count). The first kappa shape index (κ1) is 12.7. The van der Waals surface area contributed by atoms with Crippen molar-refractivity contribution in [2.45, 2.75) is 23.7 Å². The van der Waals surface area contributed by atoms with Gasteiger partial charge >= 0.3 is 0 Å². The first-order valence-electron chi connectivity index (χ1n) is 5.58. The average molecular weight is 259 g/mol. The van der Waals surface area contributed by atoms with Gasteiger partial charge in [-0.05, 0) is 36.8 Å². The summed E-state index contributed by atoms with van der Waals surface area (Å²) >= 11 is 1.56. The summed E-state index contributed by atoms with van der Waals surface area (Å²) in [5, 5.41) is 18.6. The van der Waals surface area contributed by atoms with Gasteiger partial charge in [-0.25, -0.2) is 0 Å². The van der Waals surface area contributed by atoms with Crippen LogP contribution < -0.4 is 0 Å². The van der Waals surface area contributed by atoms with Gasteiger partial charge in [-0.15, -0.1) is 11.8 Å². The van der Waals surface area contributed by atoms with Gasteiger partial charge in [0.25, 0.3) is 0 Å². The molecule has 1 unspecified atom stereocenters. The number of nitrogens with zero attached hydrogens (tertiary/aromatic N) is 1. The Hall–Kier alpha value is -1.70. The van der Waals surface area contributed by atoms with Crippen LogP contribution in [0.4, 0.5) is 0 Å². The molecule has 0 aliphatic rings. The van der Waals surface area contributed by atoms with Crippen LogP contribution in [0.3, 0.4) is 0 Å². The average Bonchev–Trinajstić information content (AvgIpc) is 2.88. The highest BCUT2D eigenvalue weighted by Crippen LogP contribution is 2.31. The molecule has 18 heavy (non-hydrogen) atoms. The van der Waals surface area contributed by atoms with Crippen LogP contribution in [-0.2, 0) is 5.75 Å². The predicted octanol–water partition coefficient (Wildman–Crippen LogP) is 3.50. The third-order valence-electron chi connectivity index (χ3n) is 2.54. The Kier molecular flexibility index (Phi) is 4.08. The van der Waals surface area contributed by atoms with Crippen molar-refractivity contribution >= 4 is 11.8 Å². The lowest BCUT2D eigenvalue weighted by Crippen LogP contribution is -1.95. The SMILES string of the molecule is CC(O)c1ccc(C#N)cc1SCc1ccco1. The van der Waals surface area contributed by atoms with Crippen molar-refractivity contribution in [1.82, 2.24) is 0 Å². The van der Waals surface area contributed by atoms with Crippen molar-refractivity contribution in [2.75, 3.05) is 0 Å². The Morgan fingerprint density at radius 2 is 2.28 bits per heavy atom. The maximum atomic E-state index is 9.71. The normalized spacial score (nSPS) is 12.1. The van der Waals surface area contributed by atoms with E-state index in [9.17, 15) is 5.11 Å². The van der Waals surface area contributed by atoms with E-state index in [1.165, 1.54) is 0 Å². The van der Waals surface area contributed by atoms with Crippen molar-refractivity contribution < 1.29 is 9.52 Å². The molecule has 0 saturated carbocycles. The number of aliphatic hydroxyl groups is 1. The molecule has 4 heteroatoms. The second-order valence-corrected chi connectivity index (χ2v) is 4.93. The van der Waals surface area contributed by atoms with Crippen molar-refractivity contribution in [3.63, 3.8) is 0 Å². The molecule has 0 saturated heterocycles. The highest BCUT2D eigenvalue weighted by molar-refractivity contribution is 7.98. The summed E-state index contributed by atoms with van der Waals surface area (Å²) in [6, 6.07) is 11.2. The molecule has 1 N–H and O–H groups in total. The molecule has 0 fully saturated rings. The van der Waals surface area contributed by atoms with E-state index in [0.29, 0.717) is 11.3 Å². The number of thioether (sulfide) groups is 1. The van der Waals surface area contributed by atoms with Gasteiger partial charge in [0.2, 0.25) is 0 Å². The summed E-state index contributed by atoms with van der Waals surface area (Å²) in [6.45, 7) is 1.72. The topological polar surface area (TPSA) is 57.2 Å². The molecule has 0 aliphatic heterocycles. The summed E-state index contributed by atoms with van der Waals surface area (Å²) in [5.41, 5.74) is 1.44. The Labute approximate surface area is 110 Å². The summed E-state index contributed by atoms with van der Waals surface area (Å²) in [6.07, 6.45) is 1.09. The van der Waals surface area contributed by atoms with Crippen LogP contribution in [-0.4, -0.2) is 5.11 Å². The van der Waals surface area contributed by atoms with E-state index in [1.807, 2.05) is 12.1 Å². The fourth-order valence-electron chi connectivity index (χ4n) is 1.62. The second kappa shape index (κ2) is 5.76. The van der Waals surface area contributed by atoms with Gasteiger partial charge in [-0.3, -0.25) is 0 Å². The van der Waals surface area contributed by atoms with Crippen molar-refractivity contribution in [3.8, 4) is 6.07 Å². The van der Waals surface area contributed by atoms with Crippen molar-refractivity contribution in [1.29, 1.82) is 5.26 Å². The lowest BCUT2D eigenvalue weighted by Gasteiger charge is -2.11. The molecule has 1 heterocycles. The molecule has 1 atom stereocenters. The van der Waals surface area contributed by atoms with Crippen LogP contribution in [0, 0.1) is 11.3 Å². The first-order chi connectivity index (χ1) is 8.70. The monoisotopic (exact) mass is 259 g/mol. The molecule has 92 valence electrons. The number of furan rings is 1. The zero-order chi connectivity index (χ0) is 13.0. The molecule has 1 aromatic heterocycles. The molecular formula is C14H13NO2S. The van der Waals surface area contributed by atoms with Crippen LogP contribution in [0.2, 0.25) is 0 Å². The fourth-order valence-corrected chi connectivity index (χ4v) is 2.70. The van der Waals surface area contributed by atoms with Crippen LogP contribution in [0.25, 0.3) is 0 Å². The van der Waals surface area contributed by atoms with E-state index in [0.717, 1.165) is 16.2 Å². The third kappa shape index (κ3) is 2.95. The lowest BCUT2D eigenvalue weighted by molar-refractivity contribution is 0.196. The number of nitriles is 1. The predicted molar refractivity (Wildman–Crippen MR) is 70.1 cm³/mol. The van der Waals surface area contributed by atoms with Gasteiger partial charge in [0.1, 0.15) is 5.76 Å². The molecule has 0 bridgehead atoms. The minimum Gasteiger partial charge on any atom is -0.468 e. The minimum atomic E-state index is -0.545. The summed E-state index contributed by atoms with van der Waals surface area (Å²) in [4.78, 5) is 0.917.